The van der Waals surface area contributed by atoms with Crippen LogP contribution < -0.4 is 5.43 Å². The van der Waals surface area contributed by atoms with E-state index in [1.54, 1.807) is 60.7 Å². The van der Waals surface area contributed by atoms with E-state index in [4.69, 9.17) is 12.2 Å². The lowest BCUT2D eigenvalue weighted by atomic mass is 10.3. The van der Waals surface area contributed by atoms with Gasteiger partial charge >= 0.3 is 10.3 Å². The van der Waals surface area contributed by atoms with Crippen LogP contribution in [0.25, 0.3) is 0 Å². The van der Waals surface area contributed by atoms with Crippen molar-refractivity contribution in [1.82, 2.24) is 4.41 Å². The van der Waals surface area contributed by atoms with Gasteiger partial charge < -0.3 is 0 Å². The maximum absolute atomic E-state index is 11.4. The molecule has 7 nitrogen and oxygen atoms in total. The highest BCUT2D eigenvalue weighted by Crippen LogP contribution is 2.14. The van der Waals surface area contributed by atoms with Crippen molar-refractivity contribution >= 4 is 39.0 Å². The fourth-order valence-electron chi connectivity index (χ4n) is 1.47. The van der Waals surface area contributed by atoms with Crippen molar-refractivity contribution in [3.05, 3.63) is 60.7 Å². The van der Waals surface area contributed by atoms with E-state index in [1.165, 1.54) is 0 Å². The van der Waals surface area contributed by atoms with Crippen LogP contribution in [0.5, 0.6) is 0 Å². The van der Waals surface area contributed by atoms with Crippen LogP contribution in [0.15, 0.2) is 70.9 Å². The van der Waals surface area contributed by atoms with E-state index in [1.807, 2.05) is 0 Å². The van der Waals surface area contributed by atoms with E-state index < -0.39 is 15.4 Å². The third-order valence-corrected chi connectivity index (χ3v) is 3.52. The third-order valence-electron chi connectivity index (χ3n) is 2.42. The lowest BCUT2D eigenvalue weighted by Crippen LogP contribution is -2.39. The van der Waals surface area contributed by atoms with Crippen LogP contribution in [0.3, 0.4) is 0 Å². The fraction of sp³-hybridized carbons (Fsp3) is 0. The lowest BCUT2D eigenvalue weighted by molar-refractivity contribution is 0.438. The molecule has 0 amide bonds. The van der Waals surface area contributed by atoms with E-state index >= 15 is 0 Å². The number of azo groups is 1. The van der Waals surface area contributed by atoms with Gasteiger partial charge in [-0.2, -0.15) is 8.42 Å². The van der Waals surface area contributed by atoms with Crippen LogP contribution in [0.2, 0.25) is 0 Å². The van der Waals surface area contributed by atoms with Gasteiger partial charge in [0.15, 0.2) is 0 Å². The molecule has 0 aliphatic carbocycles. The number of hydrogen-bond donors (Lipinski definition) is 2. The molecule has 0 fully saturated rings. The van der Waals surface area contributed by atoms with Crippen molar-refractivity contribution in [3.8, 4) is 0 Å². The molecule has 0 aliphatic rings. The fourth-order valence-corrected chi connectivity index (χ4v) is 2.29. The molecule has 0 unspecified atom stereocenters. The molecule has 0 bridgehead atoms. The molecular formula is C13H12N4O3S2. The first-order valence-electron chi connectivity index (χ1n) is 6.07. The largest absolute Gasteiger partial charge is 0.380 e. The Morgan fingerprint density at radius 3 is 2.14 bits per heavy atom. The number of hydrazine groups is 1. The van der Waals surface area contributed by atoms with Gasteiger partial charge in [0.2, 0.25) is 0 Å². The molecule has 0 saturated carbocycles. The highest BCUT2D eigenvalue weighted by atomic mass is 32.2. The molecule has 0 atom stereocenters. The molecule has 0 radical (unpaired) electrons. The predicted molar refractivity (Wildman–Crippen MR) is 87.0 cm³/mol. The standard InChI is InChI=1S/C13H12N4O3S2/c18-22(19,20)17(16-12-9-5-2-6-10-12)13(21)15-14-11-7-3-1-4-8-11/h1-10,16H,(H,18,19,20). The Kier molecular flexibility index (Phi) is 5.15. The molecule has 0 heterocycles. The van der Waals surface area contributed by atoms with Crippen molar-refractivity contribution < 1.29 is 13.0 Å². The van der Waals surface area contributed by atoms with Crippen LogP contribution in [0.4, 0.5) is 11.4 Å². The smallest absolute Gasteiger partial charge is 0.280 e. The summed E-state index contributed by atoms with van der Waals surface area (Å²) >= 11 is 4.89. The first-order valence-corrected chi connectivity index (χ1v) is 7.87. The quantitative estimate of drug-likeness (QED) is 0.387. The number of thiocarbonyl (C=S) groups is 1. The second-order valence-electron chi connectivity index (χ2n) is 4.04. The number of rotatable bonds is 4. The van der Waals surface area contributed by atoms with Crippen molar-refractivity contribution in [2.45, 2.75) is 0 Å². The van der Waals surface area contributed by atoms with E-state index in [-0.39, 0.29) is 0 Å². The summed E-state index contributed by atoms with van der Waals surface area (Å²) in [6.07, 6.45) is 0. The number of nitrogens with one attached hydrogen (secondary N) is 1. The minimum atomic E-state index is -4.64. The summed E-state index contributed by atoms with van der Waals surface area (Å²) in [5.74, 6) is 0. The van der Waals surface area contributed by atoms with Gasteiger partial charge in [0.05, 0.1) is 11.4 Å². The molecule has 22 heavy (non-hydrogen) atoms. The molecular weight excluding hydrogens is 324 g/mol. The Balaban J connectivity index is 2.19. The highest BCUT2D eigenvalue weighted by molar-refractivity contribution is 7.87. The average molecular weight is 336 g/mol. The summed E-state index contributed by atoms with van der Waals surface area (Å²) in [6.45, 7) is 0. The first kappa shape index (κ1) is 16.0. The Morgan fingerprint density at radius 2 is 1.59 bits per heavy atom. The van der Waals surface area contributed by atoms with Crippen LogP contribution >= 0.6 is 12.2 Å². The van der Waals surface area contributed by atoms with E-state index in [0.29, 0.717) is 15.8 Å². The number of nitrogens with zero attached hydrogens (tertiary/aromatic N) is 3. The molecule has 114 valence electrons. The third kappa shape index (κ3) is 4.58. The van der Waals surface area contributed by atoms with Crippen molar-refractivity contribution in [1.29, 1.82) is 0 Å². The predicted octanol–water partition coefficient (Wildman–Crippen LogP) is 3.19. The van der Waals surface area contributed by atoms with E-state index in [9.17, 15) is 13.0 Å². The van der Waals surface area contributed by atoms with E-state index in [0.717, 1.165) is 0 Å². The zero-order chi connectivity index (χ0) is 16.0. The SMILES string of the molecule is O=S(=O)(O)N(Nc1ccccc1)C(=S)N=Nc1ccccc1. The summed E-state index contributed by atoms with van der Waals surface area (Å²) in [4.78, 5) is 0. The molecule has 0 saturated heterocycles. The summed E-state index contributed by atoms with van der Waals surface area (Å²) in [5.41, 5.74) is 3.37. The van der Waals surface area contributed by atoms with Crippen LogP contribution in [0.1, 0.15) is 0 Å². The van der Waals surface area contributed by atoms with Crippen molar-refractivity contribution in [2.24, 2.45) is 10.2 Å². The number of para-hydroxylation sites is 1. The number of anilines is 1. The van der Waals surface area contributed by atoms with Crippen LogP contribution in [0, 0.1) is 0 Å². The number of hydrogen-bond acceptors (Lipinski definition) is 5. The van der Waals surface area contributed by atoms with Crippen molar-refractivity contribution in [3.63, 3.8) is 0 Å². The maximum atomic E-state index is 11.4. The van der Waals surface area contributed by atoms with Gasteiger partial charge in [0.1, 0.15) is 0 Å². The second-order valence-corrected chi connectivity index (χ2v) is 5.66. The molecule has 0 aliphatic heterocycles. The summed E-state index contributed by atoms with van der Waals surface area (Å²) in [7, 11) is -4.64. The average Bonchev–Trinajstić information content (AvgIpc) is 2.51. The van der Waals surface area contributed by atoms with Gasteiger partial charge in [-0.3, -0.25) is 9.98 Å². The highest BCUT2D eigenvalue weighted by Gasteiger charge is 2.22. The zero-order valence-electron chi connectivity index (χ0n) is 11.2. The van der Waals surface area contributed by atoms with Gasteiger partial charge in [0, 0.05) is 0 Å². The minimum Gasteiger partial charge on any atom is -0.280 e. The maximum Gasteiger partial charge on any atom is 0.380 e. The molecule has 9 heteroatoms. The van der Waals surface area contributed by atoms with Crippen LogP contribution in [-0.2, 0) is 10.3 Å². The van der Waals surface area contributed by atoms with Gasteiger partial charge in [0.25, 0.3) is 5.11 Å². The topological polar surface area (TPSA) is 94.4 Å². The summed E-state index contributed by atoms with van der Waals surface area (Å²) in [5, 5.41) is 7.00. The Morgan fingerprint density at radius 1 is 1.05 bits per heavy atom. The van der Waals surface area contributed by atoms with Crippen molar-refractivity contribution in [2.75, 3.05) is 5.43 Å². The Hall–Kier alpha value is -2.36. The molecule has 2 aromatic rings. The molecule has 0 aromatic heterocycles. The molecule has 2 aromatic carbocycles. The zero-order valence-corrected chi connectivity index (χ0v) is 12.8. The van der Waals surface area contributed by atoms with Gasteiger partial charge in [-0.1, -0.05) is 36.4 Å². The molecule has 2 N–H and O–H groups in total. The van der Waals surface area contributed by atoms with Gasteiger partial charge in [-0.15, -0.1) is 14.6 Å². The van der Waals surface area contributed by atoms with Gasteiger partial charge in [-0.25, -0.2) is 0 Å². The Bertz CT molecular complexity index is 764. The second kappa shape index (κ2) is 7.07. The Labute approximate surface area is 133 Å². The summed E-state index contributed by atoms with van der Waals surface area (Å²) in [6, 6.07) is 17.0. The summed E-state index contributed by atoms with van der Waals surface area (Å²) < 4.78 is 32.5. The van der Waals surface area contributed by atoms with E-state index in [2.05, 4.69) is 15.7 Å². The minimum absolute atomic E-state index is 0.365. The normalized spacial score (nSPS) is 11.3. The number of benzene rings is 2. The molecule has 2 rings (SSSR count). The van der Waals surface area contributed by atoms with Crippen LogP contribution in [-0.4, -0.2) is 22.5 Å². The lowest BCUT2D eigenvalue weighted by Gasteiger charge is -2.19. The molecule has 0 spiro atoms. The van der Waals surface area contributed by atoms with Gasteiger partial charge in [-0.05, 0) is 36.5 Å². The monoisotopic (exact) mass is 336 g/mol. The first-order chi connectivity index (χ1) is 10.5.